The molecule has 2 aromatic carbocycles. The largest absolute Gasteiger partial charge is 0.481 e. The van der Waals surface area contributed by atoms with Crippen LogP contribution >= 0.6 is 11.3 Å². The second-order valence-electron chi connectivity index (χ2n) is 9.28. The van der Waals surface area contributed by atoms with E-state index in [0.29, 0.717) is 17.9 Å². The van der Waals surface area contributed by atoms with E-state index in [9.17, 15) is 18.0 Å². The number of rotatable bonds is 10. The van der Waals surface area contributed by atoms with Crippen molar-refractivity contribution in [3.8, 4) is 10.6 Å². The molecule has 0 spiro atoms. The van der Waals surface area contributed by atoms with Gasteiger partial charge in [-0.15, -0.1) is 11.3 Å². The third-order valence-corrected chi connectivity index (χ3v) is 7.02. The maximum atomic E-state index is 12.9. The Morgan fingerprint density at radius 1 is 1.11 bits per heavy atom. The predicted octanol–water partition coefficient (Wildman–Crippen LogP) is 7.57. The van der Waals surface area contributed by atoms with Crippen molar-refractivity contribution in [1.29, 1.82) is 0 Å². The van der Waals surface area contributed by atoms with Crippen LogP contribution in [0.25, 0.3) is 10.6 Å². The van der Waals surface area contributed by atoms with Gasteiger partial charge >= 0.3 is 12.1 Å². The first-order valence-corrected chi connectivity index (χ1v) is 12.5. The number of benzene rings is 2. The van der Waals surface area contributed by atoms with Crippen LogP contribution in [0, 0.1) is 12.8 Å². The van der Waals surface area contributed by atoms with Gasteiger partial charge in [-0.3, -0.25) is 4.79 Å². The number of aryl methyl sites for hydroxylation is 2. The average Bonchev–Trinajstić information content (AvgIpc) is 3.20. The number of nitrogens with zero attached hydrogens (tertiary/aromatic N) is 1. The SMILES string of the molecule is Cc1cc(NCC(C)Cc2sc(-c3ccc(C(F)(F)F)cc3)nc2C(C)C)ccc1CCC(=O)O. The molecule has 0 amide bonds. The summed E-state index contributed by atoms with van der Waals surface area (Å²) in [5.41, 5.74) is 4.12. The highest BCUT2D eigenvalue weighted by atomic mass is 32.1. The van der Waals surface area contributed by atoms with Crippen molar-refractivity contribution in [3.05, 3.63) is 69.7 Å². The van der Waals surface area contributed by atoms with Gasteiger partial charge in [0.1, 0.15) is 5.01 Å². The number of anilines is 1. The fourth-order valence-corrected chi connectivity index (χ4v) is 5.28. The first kappa shape index (κ1) is 26.7. The van der Waals surface area contributed by atoms with Gasteiger partial charge in [0.2, 0.25) is 0 Å². The number of aromatic nitrogens is 1. The summed E-state index contributed by atoms with van der Waals surface area (Å²) in [5.74, 6) is -0.281. The third kappa shape index (κ3) is 7.31. The Hall–Kier alpha value is -2.87. The Morgan fingerprint density at radius 2 is 1.80 bits per heavy atom. The second-order valence-corrected chi connectivity index (χ2v) is 10.4. The Balaban J connectivity index is 1.66. The van der Waals surface area contributed by atoms with Crippen LogP contribution in [0.3, 0.4) is 0 Å². The Kier molecular flexibility index (Phi) is 8.59. The molecule has 0 aliphatic carbocycles. The van der Waals surface area contributed by atoms with Crippen molar-refractivity contribution in [3.63, 3.8) is 0 Å². The lowest BCUT2D eigenvalue weighted by molar-refractivity contribution is -0.138. The topological polar surface area (TPSA) is 62.2 Å². The number of thiazole rings is 1. The third-order valence-electron chi connectivity index (χ3n) is 5.87. The number of alkyl halides is 3. The number of nitrogens with one attached hydrogen (secondary N) is 1. The lowest BCUT2D eigenvalue weighted by Crippen LogP contribution is -2.14. The van der Waals surface area contributed by atoms with Crippen LogP contribution < -0.4 is 5.32 Å². The zero-order valence-corrected chi connectivity index (χ0v) is 21.2. The number of carboxylic acids is 1. The quantitative estimate of drug-likeness (QED) is 0.299. The summed E-state index contributed by atoms with van der Waals surface area (Å²) in [5, 5.41) is 13.1. The van der Waals surface area contributed by atoms with Gasteiger partial charge in [0.05, 0.1) is 11.3 Å². The number of hydrogen-bond donors (Lipinski definition) is 2. The molecule has 35 heavy (non-hydrogen) atoms. The summed E-state index contributed by atoms with van der Waals surface area (Å²) in [7, 11) is 0. The van der Waals surface area contributed by atoms with Crippen molar-refractivity contribution < 1.29 is 23.1 Å². The van der Waals surface area contributed by atoms with Crippen LogP contribution in [0.2, 0.25) is 0 Å². The molecule has 0 saturated heterocycles. The van der Waals surface area contributed by atoms with E-state index in [1.54, 1.807) is 11.3 Å². The van der Waals surface area contributed by atoms with Gasteiger partial charge in [0.15, 0.2) is 0 Å². The van der Waals surface area contributed by atoms with Gasteiger partial charge in [-0.1, -0.05) is 39.0 Å². The van der Waals surface area contributed by atoms with E-state index in [0.717, 1.165) is 57.5 Å². The molecule has 0 fully saturated rings. The molecule has 188 valence electrons. The maximum Gasteiger partial charge on any atom is 0.416 e. The monoisotopic (exact) mass is 504 g/mol. The molecule has 4 nitrogen and oxygen atoms in total. The molecule has 3 aromatic rings. The van der Waals surface area contributed by atoms with Crippen molar-refractivity contribution in [1.82, 2.24) is 4.98 Å². The first-order chi connectivity index (χ1) is 16.4. The molecule has 0 bridgehead atoms. The summed E-state index contributed by atoms with van der Waals surface area (Å²) < 4.78 is 38.7. The van der Waals surface area contributed by atoms with Gasteiger partial charge < -0.3 is 10.4 Å². The Morgan fingerprint density at radius 3 is 2.37 bits per heavy atom. The van der Waals surface area contributed by atoms with Gasteiger partial charge in [-0.05, 0) is 67.0 Å². The van der Waals surface area contributed by atoms with E-state index in [4.69, 9.17) is 10.1 Å². The summed E-state index contributed by atoms with van der Waals surface area (Å²) in [6, 6.07) is 11.2. The highest BCUT2D eigenvalue weighted by molar-refractivity contribution is 7.15. The summed E-state index contributed by atoms with van der Waals surface area (Å²) >= 11 is 1.55. The van der Waals surface area contributed by atoms with Crippen LogP contribution in [0.5, 0.6) is 0 Å². The molecule has 0 aliphatic rings. The van der Waals surface area contributed by atoms with Crippen LogP contribution in [-0.2, 0) is 23.8 Å². The number of carbonyl (C=O) groups is 1. The molecule has 0 radical (unpaired) electrons. The molecule has 1 unspecified atom stereocenters. The minimum atomic E-state index is -4.35. The first-order valence-electron chi connectivity index (χ1n) is 11.7. The summed E-state index contributed by atoms with van der Waals surface area (Å²) in [4.78, 5) is 16.7. The summed E-state index contributed by atoms with van der Waals surface area (Å²) in [6.45, 7) is 9.04. The van der Waals surface area contributed by atoms with Gasteiger partial charge in [-0.2, -0.15) is 13.2 Å². The summed E-state index contributed by atoms with van der Waals surface area (Å²) in [6.07, 6.45) is -2.90. The minimum Gasteiger partial charge on any atom is -0.481 e. The van der Waals surface area contributed by atoms with Crippen LogP contribution in [-0.4, -0.2) is 22.6 Å². The molecule has 2 N–H and O–H groups in total. The van der Waals surface area contributed by atoms with E-state index in [1.165, 1.54) is 12.1 Å². The number of carboxylic acid groups (broad SMARTS) is 1. The lowest BCUT2D eigenvalue weighted by Gasteiger charge is -2.15. The van der Waals surface area contributed by atoms with E-state index in [1.807, 2.05) is 25.1 Å². The van der Waals surface area contributed by atoms with Crippen molar-refractivity contribution in [2.24, 2.45) is 5.92 Å². The average molecular weight is 505 g/mol. The fraction of sp³-hybridized carbons (Fsp3) is 0.407. The van der Waals surface area contributed by atoms with Crippen molar-refractivity contribution >= 4 is 23.0 Å². The van der Waals surface area contributed by atoms with Crippen LogP contribution in [0.4, 0.5) is 18.9 Å². The zero-order chi connectivity index (χ0) is 25.8. The highest BCUT2D eigenvalue weighted by Crippen LogP contribution is 2.35. The minimum absolute atomic E-state index is 0.117. The normalized spacial score (nSPS) is 12.7. The second kappa shape index (κ2) is 11.2. The van der Waals surface area contributed by atoms with Crippen molar-refractivity contribution in [2.45, 2.75) is 59.1 Å². The van der Waals surface area contributed by atoms with E-state index >= 15 is 0 Å². The number of halogens is 3. The molecule has 1 atom stereocenters. The van der Waals surface area contributed by atoms with E-state index in [-0.39, 0.29) is 12.3 Å². The lowest BCUT2D eigenvalue weighted by atomic mass is 10.0. The van der Waals surface area contributed by atoms with Gasteiger partial charge in [0.25, 0.3) is 0 Å². The Labute approximate surface area is 208 Å². The molecule has 0 saturated carbocycles. The molecule has 0 aliphatic heterocycles. The molecule has 1 heterocycles. The zero-order valence-electron chi connectivity index (χ0n) is 20.4. The molecule has 1 aromatic heterocycles. The smallest absolute Gasteiger partial charge is 0.416 e. The van der Waals surface area contributed by atoms with E-state index in [2.05, 4.69) is 26.1 Å². The number of aliphatic carboxylic acids is 1. The molecule has 3 rings (SSSR count). The van der Waals surface area contributed by atoms with E-state index < -0.39 is 17.7 Å². The predicted molar refractivity (Wildman–Crippen MR) is 135 cm³/mol. The molecular formula is C27H31F3N2O2S. The highest BCUT2D eigenvalue weighted by Gasteiger charge is 2.30. The Bertz CT molecular complexity index is 1150. The van der Waals surface area contributed by atoms with Gasteiger partial charge in [-0.25, -0.2) is 4.98 Å². The fourth-order valence-electron chi connectivity index (χ4n) is 3.89. The molecular weight excluding hydrogens is 473 g/mol. The van der Waals surface area contributed by atoms with Crippen LogP contribution in [0.1, 0.15) is 60.4 Å². The van der Waals surface area contributed by atoms with Gasteiger partial charge in [0, 0.05) is 29.1 Å². The number of hydrogen-bond acceptors (Lipinski definition) is 4. The maximum absolute atomic E-state index is 12.9. The standard InChI is InChI=1S/C27H31F3N2O2S/c1-16(2)25-23(35-26(32-25)20-5-9-21(10-6-20)27(28,29)30)13-17(3)15-31-22-11-7-19(18(4)14-22)8-12-24(33)34/h5-7,9-11,14,16-17,31H,8,12-13,15H2,1-4H3,(H,33,34). The van der Waals surface area contributed by atoms with Crippen molar-refractivity contribution in [2.75, 3.05) is 11.9 Å². The molecule has 8 heteroatoms. The van der Waals surface area contributed by atoms with Crippen LogP contribution in [0.15, 0.2) is 42.5 Å².